The lowest BCUT2D eigenvalue weighted by Gasteiger charge is -2.29. The van der Waals surface area contributed by atoms with E-state index in [9.17, 15) is 0 Å². The summed E-state index contributed by atoms with van der Waals surface area (Å²) in [5.41, 5.74) is 2.69. The van der Waals surface area contributed by atoms with Crippen LogP contribution < -0.4 is 5.32 Å². The SMILES string of the molecule is CCNC1CCCC(Cc2cc(CC)nn2CC)C1. The normalized spacial score (nSPS) is 23.7. The molecule has 0 bridgehead atoms. The van der Waals surface area contributed by atoms with Crippen molar-refractivity contribution in [2.45, 2.75) is 71.9 Å². The lowest BCUT2D eigenvalue weighted by Crippen LogP contribution is -2.34. The Kier molecular flexibility index (Phi) is 5.44. The Morgan fingerprint density at radius 2 is 2.16 bits per heavy atom. The molecule has 1 aliphatic carbocycles. The lowest BCUT2D eigenvalue weighted by molar-refractivity contribution is 0.283. The monoisotopic (exact) mass is 263 g/mol. The van der Waals surface area contributed by atoms with Gasteiger partial charge in [0.05, 0.1) is 5.69 Å². The Morgan fingerprint density at radius 1 is 1.32 bits per heavy atom. The van der Waals surface area contributed by atoms with Gasteiger partial charge < -0.3 is 5.32 Å². The molecule has 1 aliphatic rings. The van der Waals surface area contributed by atoms with Crippen molar-refractivity contribution in [1.29, 1.82) is 0 Å². The molecule has 0 amide bonds. The maximum Gasteiger partial charge on any atom is 0.0624 e. The minimum atomic E-state index is 0.743. The van der Waals surface area contributed by atoms with Crippen LogP contribution in [-0.2, 0) is 19.4 Å². The standard InChI is InChI=1S/C16H29N3/c1-4-14-12-16(19(6-3)18-14)11-13-8-7-9-15(10-13)17-5-2/h12-13,15,17H,4-11H2,1-3H3. The first kappa shape index (κ1) is 14.6. The van der Waals surface area contributed by atoms with Crippen LogP contribution in [-0.4, -0.2) is 22.4 Å². The van der Waals surface area contributed by atoms with Gasteiger partial charge in [0.2, 0.25) is 0 Å². The van der Waals surface area contributed by atoms with Crippen LogP contribution in [0.1, 0.15) is 57.8 Å². The van der Waals surface area contributed by atoms with Crippen LogP contribution in [0.15, 0.2) is 6.07 Å². The van der Waals surface area contributed by atoms with Crippen LogP contribution in [0.25, 0.3) is 0 Å². The third-order valence-corrected chi connectivity index (χ3v) is 4.35. The van der Waals surface area contributed by atoms with Gasteiger partial charge in [-0.3, -0.25) is 4.68 Å². The zero-order chi connectivity index (χ0) is 13.7. The molecule has 19 heavy (non-hydrogen) atoms. The molecule has 3 heteroatoms. The van der Waals surface area contributed by atoms with Gasteiger partial charge in [-0.25, -0.2) is 0 Å². The second kappa shape index (κ2) is 7.09. The molecule has 0 aromatic carbocycles. The van der Waals surface area contributed by atoms with Gasteiger partial charge in [-0.15, -0.1) is 0 Å². The van der Waals surface area contributed by atoms with E-state index < -0.39 is 0 Å². The molecule has 1 aromatic heterocycles. The second-order valence-corrected chi connectivity index (χ2v) is 5.79. The van der Waals surface area contributed by atoms with Gasteiger partial charge in [-0.05, 0) is 57.6 Å². The van der Waals surface area contributed by atoms with E-state index in [4.69, 9.17) is 0 Å². The summed E-state index contributed by atoms with van der Waals surface area (Å²) in [4.78, 5) is 0. The smallest absolute Gasteiger partial charge is 0.0624 e. The van der Waals surface area contributed by atoms with E-state index in [-0.39, 0.29) is 0 Å². The van der Waals surface area contributed by atoms with Crippen LogP contribution in [0, 0.1) is 5.92 Å². The van der Waals surface area contributed by atoms with Crippen LogP contribution in [0.3, 0.4) is 0 Å². The van der Waals surface area contributed by atoms with Crippen molar-refractivity contribution in [3.8, 4) is 0 Å². The van der Waals surface area contributed by atoms with Gasteiger partial charge in [-0.2, -0.15) is 5.10 Å². The van der Waals surface area contributed by atoms with E-state index in [0.717, 1.165) is 31.5 Å². The summed E-state index contributed by atoms with van der Waals surface area (Å²) < 4.78 is 2.20. The molecule has 1 saturated carbocycles. The Bertz CT molecular complexity index is 381. The number of nitrogens with zero attached hydrogens (tertiary/aromatic N) is 2. The number of hydrogen-bond donors (Lipinski definition) is 1. The van der Waals surface area contributed by atoms with Crippen LogP contribution >= 0.6 is 0 Å². The average molecular weight is 263 g/mol. The first-order valence-electron chi connectivity index (χ1n) is 8.05. The van der Waals surface area contributed by atoms with Gasteiger partial charge in [0.1, 0.15) is 0 Å². The highest BCUT2D eigenvalue weighted by atomic mass is 15.3. The molecular weight excluding hydrogens is 234 g/mol. The average Bonchev–Trinajstić information content (AvgIpc) is 2.82. The Morgan fingerprint density at radius 3 is 2.84 bits per heavy atom. The summed E-state index contributed by atoms with van der Waals surface area (Å²) in [5.74, 6) is 0.838. The number of hydrogen-bond acceptors (Lipinski definition) is 2. The Balaban J connectivity index is 1.97. The molecule has 1 heterocycles. The molecule has 0 aliphatic heterocycles. The second-order valence-electron chi connectivity index (χ2n) is 5.79. The van der Waals surface area contributed by atoms with E-state index in [1.807, 2.05) is 0 Å². The van der Waals surface area contributed by atoms with E-state index in [0.29, 0.717) is 0 Å². The summed E-state index contributed by atoms with van der Waals surface area (Å²) in [6.07, 6.45) is 7.72. The fourth-order valence-electron chi connectivity index (χ4n) is 3.37. The van der Waals surface area contributed by atoms with Gasteiger partial charge in [0.25, 0.3) is 0 Å². The highest BCUT2D eigenvalue weighted by Crippen LogP contribution is 2.27. The van der Waals surface area contributed by atoms with Gasteiger partial charge in [0.15, 0.2) is 0 Å². The minimum Gasteiger partial charge on any atom is -0.314 e. The van der Waals surface area contributed by atoms with Crippen molar-refractivity contribution in [3.63, 3.8) is 0 Å². The number of rotatable bonds is 6. The van der Waals surface area contributed by atoms with Crippen molar-refractivity contribution < 1.29 is 0 Å². The highest BCUT2D eigenvalue weighted by Gasteiger charge is 2.22. The van der Waals surface area contributed by atoms with E-state index in [2.05, 4.69) is 41.9 Å². The molecule has 1 aromatic rings. The molecule has 3 nitrogen and oxygen atoms in total. The molecule has 2 rings (SSSR count). The van der Waals surface area contributed by atoms with Gasteiger partial charge >= 0.3 is 0 Å². The maximum atomic E-state index is 4.67. The zero-order valence-corrected chi connectivity index (χ0v) is 12.8. The molecule has 108 valence electrons. The van der Waals surface area contributed by atoms with E-state index >= 15 is 0 Å². The first-order valence-corrected chi connectivity index (χ1v) is 8.05. The quantitative estimate of drug-likeness (QED) is 0.854. The third kappa shape index (κ3) is 3.82. The summed E-state index contributed by atoms with van der Waals surface area (Å²) in [7, 11) is 0. The third-order valence-electron chi connectivity index (χ3n) is 4.35. The predicted octanol–water partition coefficient (Wildman–Crippen LogP) is 3.18. The van der Waals surface area contributed by atoms with E-state index in [1.165, 1.54) is 43.5 Å². The summed E-state index contributed by atoms with van der Waals surface area (Å²) >= 11 is 0. The maximum absolute atomic E-state index is 4.67. The van der Waals surface area contributed by atoms with Crippen LogP contribution in [0.4, 0.5) is 0 Å². The fourth-order valence-corrected chi connectivity index (χ4v) is 3.37. The first-order chi connectivity index (χ1) is 9.26. The van der Waals surface area contributed by atoms with Crippen molar-refractivity contribution in [2.24, 2.45) is 5.92 Å². The molecule has 1 fully saturated rings. The van der Waals surface area contributed by atoms with Crippen LogP contribution in [0.2, 0.25) is 0 Å². The minimum absolute atomic E-state index is 0.743. The lowest BCUT2D eigenvalue weighted by atomic mass is 9.83. The van der Waals surface area contributed by atoms with Crippen molar-refractivity contribution in [3.05, 3.63) is 17.5 Å². The van der Waals surface area contributed by atoms with Gasteiger partial charge in [0, 0.05) is 18.3 Å². The zero-order valence-electron chi connectivity index (χ0n) is 12.8. The predicted molar refractivity (Wildman–Crippen MR) is 80.4 cm³/mol. The van der Waals surface area contributed by atoms with Gasteiger partial charge in [-0.1, -0.05) is 20.3 Å². The van der Waals surface area contributed by atoms with Crippen molar-refractivity contribution in [1.82, 2.24) is 15.1 Å². The molecule has 0 spiro atoms. The fraction of sp³-hybridized carbons (Fsp3) is 0.812. The molecule has 2 atom stereocenters. The molecule has 1 N–H and O–H groups in total. The Hall–Kier alpha value is -0.830. The molecule has 2 unspecified atom stereocenters. The van der Waals surface area contributed by atoms with Crippen LogP contribution in [0.5, 0.6) is 0 Å². The molecule has 0 saturated heterocycles. The summed E-state index contributed by atoms with van der Waals surface area (Å²) in [6.45, 7) is 8.69. The van der Waals surface area contributed by atoms with Crippen molar-refractivity contribution >= 4 is 0 Å². The number of aromatic nitrogens is 2. The summed E-state index contributed by atoms with van der Waals surface area (Å²) in [6, 6.07) is 3.06. The topological polar surface area (TPSA) is 29.9 Å². The molecular formula is C16H29N3. The summed E-state index contributed by atoms with van der Waals surface area (Å²) in [5, 5.41) is 8.29. The van der Waals surface area contributed by atoms with Crippen molar-refractivity contribution in [2.75, 3.05) is 6.54 Å². The molecule has 0 radical (unpaired) electrons. The Labute approximate surface area is 117 Å². The largest absolute Gasteiger partial charge is 0.314 e. The highest BCUT2D eigenvalue weighted by molar-refractivity contribution is 5.11. The van der Waals surface area contributed by atoms with E-state index in [1.54, 1.807) is 0 Å². The number of aryl methyl sites for hydroxylation is 2. The number of nitrogens with one attached hydrogen (secondary N) is 1.